The quantitative estimate of drug-likeness (QED) is 0.722. The van der Waals surface area contributed by atoms with Gasteiger partial charge in [-0.3, -0.25) is 0 Å². The third-order valence-electron chi connectivity index (χ3n) is 2.33. The van der Waals surface area contributed by atoms with Crippen LogP contribution in [-0.2, 0) is 15.1 Å². The third kappa shape index (κ3) is 4.48. The van der Waals surface area contributed by atoms with Crippen molar-refractivity contribution in [1.29, 1.82) is 0 Å². The summed E-state index contributed by atoms with van der Waals surface area (Å²) >= 11 is 5.81. The van der Waals surface area contributed by atoms with Gasteiger partial charge in [0.15, 0.2) is 0 Å². The molecule has 3 N–H and O–H groups in total. The highest BCUT2D eigenvalue weighted by Crippen LogP contribution is 2.22. The fourth-order valence-electron chi connectivity index (χ4n) is 1.33. The molecule has 0 aliphatic carbocycles. The highest BCUT2D eigenvalue weighted by atomic mass is 35.5. The molecule has 0 bridgehead atoms. The van der Waals surface area contributed by atoms with Crippen LogP contribution in [-0.4, -0.2) is 11.6 Å². The summed E-state index contributed by atoms with van der Waals surface area (Å²) in [6, 6.07) is 7.06. The molecular weight excluding hydrogens is 273 g/mol. The Morgan fingerprint density at radius 2 is 1.61 bits per heavy atom. The summed E-state index contributed by atoms with van der Waals surface area (Å²) < 4.78 is 5.35. The van der Waals surface area contributed by atoms with Crippen molar-refractivity contribution in [1.82, 2.24) is 0 Å². The van der Waals surface area contributed by atoms with Crippen molar-refractivity contribution in [2.75, 3.05) is 0 Å². The van der Waals surface area contributed by atoms with Gasteiger partial charge in [-0.25, -0.2) is 4.79 Å². The van der Waals surface area contributed by atoms with Crippen LogP contribution in [0.1, 0.15) is 33.3 Å². The van der Waals surface area contributed by atoms with Crippen molar-refractivity contribution in [3.8, 4) is 0 Å². The Balaban J connectivity index is 0.00000289. The van der Waals surface area contributed by atoms with Crippen LogP contribution in [0.25, 0.3) is 0 Å². The highest BCUT2D eigenvalue weighted by molar-refractivity contribution is 6.30. The molecule has 1 rings (SSSR count). The van der Waals surface area contributed by atoms with E-state index in [1.54, 1.807) is 31.2 Å². The SMILES string of the molecule is CC(C)(C)OC(=O)[C@](C)([NH3+])c1ccc(Cl)cc1.[Cl-]. The summed E-state index contributed by atoms with van der Waals surface area (Å²) in [5.74, 6) is -0.340. The lowest BCUT2D eigenvalue weighted by Crippen LogP contribution is -3.00. The largest absolute Gasteiger partial charge is 1.00 e. The van der Waals surface area contributed by atoms with Crippen LogP contribution in [0.5, 0.6) is 0 Å². The lowest BCUT2D eigenvalue weighted by molar-refractivity contribution is -0.466. The van der Waals surface area contributed by atoms with Crippen LogP contribution in [0.15, 0.2) is 24.3 Å². The molecule has 0 aromatic heterocycles. The number of ether oxygens (including phenoxy) is 1. The lowest BCUT2D eigenvalue weighted by Gasteiger charge is -2.26. The predicted molar refractivity (Wildman–Crippen MR) is 67.5 cm³/mol. The summed E-state index contributed by atoms with van der Waals surface area (Å²) in [6.07, 6.45) is 0. The second-order valence-electron chi connectivity index (χ2n) is 5.34. The Morgan fingerprint density at radius 1 is 1.17 bits per heavy atom. The topological polar surface area (TPSA) is 53.9 Å². The molecule has 0 heterocycles. The minimum Gasteiger partial charge on any atom is -1.00 e. The first-order chi connectivity index (χ1) is 7.63. The molecule has 0 aliphatic heterocycles. The Bertz CT molecular complexity index is 408. The van der Waals surface area contributed by atoms with E-state index in [4.69, 9.17) is 16.3 Å². The molecular formula is C13H19Cl2NO2. The summed E-state index contributed by atoms with van der Waals surface area (Å²) in [4.78, 5) is 12.0. The smallest absolute Gasteiger partial charge is 0.373 e. The highest BCUT2D eigenvalue weighted by Gasteiger charge is 2.38. The molecule has 18 heavy (non-hydrogen) atoms. The molecule has 0 amide bonds. The molecule has 0 saturated heterocycles. The molecule has 0 aliphatic rings. The lowest BCUT2D eigenvalue weighted by atomic mass is 9.93. The molecule has 1 aromatic rings. The van der Waals surface area contributed by atoms with Gasteiger partial charge in [0.2, 0.25) is 5.54 Å². The molecule has 0 fully saturated rings. The van der Waals surface area contributed by atoms with Gasteiger partial charge < -0.3 is 22.9 Å². The van der Waals surface area contributed by atoms with E-state index in [0.717, 1.165) is 5.56 Å². The van der Waals surface area contributed by atoms with Gasteiger partial charge in [-0.05, 0) is 32.9 Å². The number of esters is 1. The first kappa shape index (κ1) is 17.2. The van der Waals surface area contributed by atoms with E-state index in [9.17, 15) is 4.79 Å². The zero-order chi connectivity index (χ0) is 13.3. The third-order valence-corrected chi connectivity index (χ3v) is 2.58. The van der Waals surface area contributed by atoms with Gasteiger partial charge in [-0.2, -0.15) is 0 Å². The number of hydrogen-bond acceptors (Lipinski definition) is 2. The first-order valence-electron chi connectivity index (χ1n) is 5.48. The summed E-state index contributed by atoms with van der Waals surface area (Å²) in [7, 11) is 0. The fourth-order valence-corrected chi connectivity index (χ4v) is 1.45. The number of rotatable bonds is 2. The molecule has 3 nitrogen and oxygen atoms in total. The van der Waals surface area contributed by atoms with Crippen LogP contribution >= 0.6 is 11.6 Å². The standard InChI is InChI=1S/C13H18ClNO2.ClH/c1-12(2,3)17-11(16)13(4,15)9-5-7-10(14)8-6-9;/h5-8H,15H2,1-4H3;1H/t13-;/m1./s1. The normalized spacial score (nSPS) is 14.3. The van der Waals surface area contributed by atoms with E-state index in [1.807, 2.05) is 20.8 Å². The Kier molecular flexibility index (Phi) is 5.66. The minimum atomic E-state index is -0.919. The molecule has 102 valence electrons. The van der Waals surface area contributed by atoms with Crippen molar-refractivity contribution in [2.24, 2.45) is 0 Å². The van der Waals surface area contributed by atoms with Gasteiger partial charge in [-0.15, -0.1) is 0 Å². The monoisotopic (exact) mass is 291 g/mol. The Hall–Kier alpha value is -0.770. The molecule has 0 radical (unpaired) electrons. The van der Waals surface area contributed by atoms with Crippen molar-refractivity contribution in [3.05, 3.63) is 34.9 Å². The van der Waals surface area contributed by atoms with Crippen molar-refractivity contribution in [3.63, 3.8) is 0 Å². The van der Waals surface area contributed by atoms with Crippen LogP contribution in [0.4, 0.5) is 0 Å². The van der Waals surface area contributed by atoms with E-state index >= 15 is 0 Å². The van der Waals surface area contributed by atoms with E-state index in [1.165, 1.54) is 0 Å². The Morgan fingerprint density at radius 3 is 2.00 bits per heavy atom. The van der Waals surface area contributed by atoms with E-state index in [0.29, 0.717) is 5.02 Å². The second-order valence-corrected chi connectivity index (χ2v) is 5.78. The summed E-state index contributed by atoms with van der Waals surface area (Å²) in [6.45, 7) is 7.25. The van der Waals surface area contributed by atoms with Crippen LogP contribution < -0.4 is 18.1 Å². The first-order valence-corrected chi connectivity index (χ1v) is 5.85. The van der Waals surface area contributed by atoms with Crippen LogP contribution in [0.3, 0.4) is 0 Å². The average molecular weight is 292 g/mol. The molecule has 5 heteroatoms. The van der Waals surface area contributed by atoms with Crippen molar-refractivity contribution in [2.45, 2.75) is 38.8 Å². The van der Waals surface area contributed by atoms with Gasteiger partial charge in [-0.1, -0.05) is 23.7 Å². The van der Waals surface area contributed by atoms with E-state index in [2.05, 4.69) is 5.73 Å². The van der Waals surface area contributed by atoms with Crippen molar-refractivity contribution < 1.29 is 27.7 Å². The molecule has 1 aromatic carbocycles. The minimum absolute atomic E-state index is 0. The van der Waals surface area contributed by atoms with Gasteiger partial charge >= 0.3 is 5.97 Å². The van der Waals surface area contributed by atoms with Gasteiger partial charge in [0.1, 0.15) is 5.60 Å². The average Bonchev–Trinajstić information content (AvgIpc) is 2.15. The number of carbonyl (C=O) groups excluding carboxylic acids is 1. The molecule has 1 atom stereocenters. The number of quaternary nitrogens is 1. The zero-order valence-electron chi connectivity index (χ0n) is 11.1. The van der Waals surface area contributed by atoms with E-state index < -0.39 is 11.1 Å². The number of carbonyl (C=O) groups is 1. The second kappa shape index (κ2) is 5.91. The van der Waals surface area contributed by atoms with E-state index in [-0.39, 0.29) is 18.4 Å². The zero-order valence-corrected chi connectivity index (χ0v) is 12.6. The molecule has 0 saturated carbocycles. The maximum Gasteiger partial charge on any atom is 0.373 e. The van der Waals surface area contributed by atoms with Crippen molar-refractivity contribution >= 4 is 17.6 Å². The summed E-state index contributed by atoms with van der Waals surface area (Å²) in [5.41, 5.74) is 3.29. The van der Waals surface area contributed by atoms with Gasteiger partial charge in [0.05, 0.1) is 0 Å². The number of hydrogen-bond donors (Lipinski definition) is 1. The molecule has 0 spiro atoms. The predicted octanol–water partition coefficient (Wildman–Crippen LogP) is -0.857. The summed E-state index contributed by atoms with van der Waals surface area (Å²) in [5, 5.41) is 0.633. The van der Waals surface area contributed by atoms with Gasteiger partial charge in [0.25, 0.3) is 0 Å². The molecule has 0 unspecified atom stereocenters. The maximum absolute atomic E-state index is 12.0. The van der Waals surface area contributed by atoms with Gasteiger partial charge in [0, 0.05) is 17.5 Å². The van der Waals surface area contributed by atoms with Crippen LogP contribution in [0.2, 0.25) is 5.02 Å². The number of benzene rings is 1. The Labute approximate surface area is 119 Å². The fraction of sp³-hybridized carbons (Fsp3) is 0.462. The maximum atomic E-state index is 12.0. The van der Waals surface area contributed by atoms with Crippen LogP contribution in [0, 0.1) is 0 Å². The number of halogens is 2.